The maximum Gasteiger partial charge on any atom is 0.174 e. The molecule has 0 bridgehead atoms. The molecule has 0 saturated carbocycles. The van der Waals surface area contributed by atoms with Crippen molar-refractivity contribution < 1.29 is 0 Å². The number of aromatic nitrogens is 2. The molecule has 5 rings (SSSR count). The summed E-state index contributed by atoms with van der Waals surface area (Å²) in [6.45, 7) is 2.17. The highest BCUT2D eigenvalue weighted by Crippen LogP contribution is 2.42. The first-order valence-electron chi connectivity index (χ1n) is 11.6. The van der Waals surface area contributed by atoms with Crippen LogP contribution in [-0.2, 0) is 6.42 Å². The van der Waals surface area contributed by atoms with Gasteiger partial charge < -0.3 is 19.7 Å². The zero-order valence-corrected chi connectivity index (χ0v) is 20.5. The molecule has 0 radical (unpaired) electrons. The molecule has 2 atom stereocenters. The number of hydrogen-bond acceptors (Lipinski definition) is 3. The highest BCUT2D eigenvalue weighted by Gasteiger charge is 2.42. The molecule has 1 aliphatic rings. The van der Waals surface area contributed by atoms with E-state index >= 15 is 0 Å². The molecule has 2 aromatic heterocycles. The van der Waals surface area contributed by atoms with E-state index in [4.69, 9.17) is 12.2 Å². The summed E-state index contributed by atoms with van der Waals surface area (Å²) in [4.78, 5) is 9.02. The van der Waals surface area contributed by atoms with Gasteiger partial charge in [-0.3, -0.25) is 4.98 Å². The smallest absolute Gasteiger partial charge is 0.174 e. The number of pyridine rings is 1. The molecule has 5 nitrogen and oxygen atoms in total. The third-order valence-electron chi connectivity index (χ3n) is 6.45. The summed E-state index contributed by atoms with van der Waals surface area (Å²) >= 11 is 5.89. The summed E-state index contributed by atoms with van der Waals surface area (Å²) in [7, 11) is 4.11. The van der Waals surface area contributed by atoms with Gasteiger partial charge in [0.2, 0.25) is 0 Å². The van der Waals surface area contributed by atoms with E-state index in [1.807, 2.05) is 18.3 Å². The fraction of sp³-hybridized carbons (Fsp3) is 0.214. The van der Waals surface area contributed by atoms with Crippen LogP contribution < -0.4 is 15.1 Å². The number of thiocarbonyl (C=S) groups is 1. The Morgan fingerprint density at radius 1 is 0.912 bits per heavy atom. The van der Waals surface area contributed by atoms with Crippen LogP contribution in [0.1, 0.15) is 36.0 Å². The van der Waals surface area contributed by atoms with Gasteiger partial charge in [-0.25, -0.2) is 0 Å². The van der Waals surface area contributed by atoms with Crippen molar-refractivity contribution in [2.45, 2.75) is 25.4 Å². The van der Waals surface area contributed by atoms with E-state index in [2.05, 4.69) is 119 Å². The second-order valence-electron chi connectivity index (χ2n) is 8.73. The van der Waals surface area contributed by atoms with Crippen molar-refractivity contribution >= 4 is 28.7 Å². The van der Waals surface area contributed by atoms with Crippen LogP contribution in [0.4, 0.5) is 11.4 Å². The third-order valence-corrected chi connectivity index (χ3v) is 6.76. The highest BCUT2D eigenvalue weighted by molar-refractivity contribution is 7.80. The Morgan fingerprint density at radius 3 is 2.29 bits per heavy atom. The first-order valence-corrected chi connectivity index (χ1v) is 12.0. The third kappa shape index (κ3) is 4.05. The molecule has 0 unspecified atom stereocenters. The number of anilines is 2. The van der Waals surface area contributed by atoms with Crippen LogP contribution in [0.3, 0.4) is 0 Å². The standard InChI is InChI=1S/C28H29N5S/c1-4-20-10-12-23(13-11-20)33-27(26(30-28(33)34)24-8-5-6-18-29-24)25-9-7-19-32(25)22-16-14-21(15-17-22)31(2)3/h5-19,26-27H,4H2,1-3H3,(H,30,34)/t26-,27-/m0/s1. The molecule has 0 spiro atoms. The lowest BCUT2D eigenvalue weighted by molar-refractivity contribution is 0.549. The van der Waals surface area contributed by atoms with Crippen molar-refractivity contribution in [2.24, 2.45) is 0 Å². The Bertz CT molecular complexity index is 1260. The minimum atomic E-state index is -0.0748. The maximum atomic E-state index is 5.89. The van der Waals surface area contributed by atoms with Gasteiger partial charge in [-0.1, -0.05) is 25.1 Å². The van der Waals surface area contributed by atoms with Crippen molar-refractivity contribution in [3.05, 3.63) is 108 Å². The first kappa shape index (κ1) is 22.2. The van der Waals surface area contributed by atoms with Gasteiger partial charge in [0, 0.05) is 49.2 Å². The van der Waals surface area contributed by atoms with Crippen LogP contribution in [0.2, 0.25) is 0 Å². The molecule has 0 amide bonds. The molecule has 6 heteroatoms. The largest absolute Gasteiger partial charge is 0.378 e. The SMILES string of the molecule is CCc1ccc(N2C(=S)N[C@@H](c3ccccn3)[C@@H]2c2cccn2-c2ccc(N(C)C)cc2)cc1. The van der Waals surface area contributed by atoms with Crippen molar-refractivity contribution in [3.63, 3.8) is 0 Å². The Hall–Kier alpha value is -3.64. The molecule has 4 aromatic rings. The predicted octanol–water partition coefficient (Wildman–Crippen LogP) is 5.68. The minimum Gasteiger partial charge on any atom is -0.378 e. The van der Waals surface area contributed by atoms with Gasteiger partial charge >= 0.3 is 0 Å². The van der Waals surface area contributed by atoms with Crippen molar-refractivity contribution in [3.8, 4) is 5.69 Å². The highest BCUT2D eigenvalue weighted by atomic mass is 32.1. The zero-order valence-electron chi connectivity index (χ0n) is 19.7. The average molecular weight is 468 g/mol. The summed E-state index contributed by atoms with van der Waals surface area (Å²) in [6.07, 6.45) is 4.97. The molecule has 1 aliphatic heterocycles. The fourth-order valence-electron chi connectivity index (χ4n) is 4.61. The number of rotatable bonds is 6. The lowest BCUT2D eigenvalue weighted by Gasteiger charge is -2.29. The van der Waals surface area contributed by atoms with E-state index in [0.29, 0.717) is 5.11 Å². The van der Waals surface area contributed by atoms with E-state index in [1.54, 1.807) is 0 Å². The second kappa shape index (κ2) is 9.31. The van der Waals surface area contributed by atoms with Crippen LogP contribution in [0.25, 0.3) is 5.69 Å². The predicted molar refractivity (Wildman–Crippen MR) is 144 cm³/mol. The number of nitrogens with zero attached hydrogens (tertiary/aromatic N) is 4. The second-order valence-corrected chi connectivity index (χ2v) is 9.12. The van der Waals surface area contributed by atoms with E-state index in [0.717, 1.165) is 29.2 Å². The van der Waals surface area contributed by atoms with E-state index in [1.165, 1.54) is 11.3 Å². The van der Waals surface area contributed by atoms with Gasteiger partial charge in [-0.2, -0.15) is 0 Å². The molecule has 1 fully saturated rings. The monoisotopic (exact) mass is 467 g/mol. The number of nitrogens with one attached hydrogen (secondary N) is 1. The summed E-state index contributed by atoms with van der Waals surface area (Å²) in [5, 5.41) is 4.27. The summed E-state index contributed by atoms with van der Waals surface area (Å²) in [5.41, 5.74) is 6.80. The van der Waals surface area contributed by atoms with E-state index in [-0.39, 0.29) is 12.1 Å². The molecule has 1 saturated heterocycles. The summed E-state index contributed by atoms with van der Waals surface area (Å²) in [5.74, 6) is 0. The Morgan fingerprint density at radius 2 is 1.65 bits per heavy atom. The van der Waals surface area contributed by atoms with Gasteiger partial charge in [0.15, 0.2) is 5.11 Å². The maximum absolute atomic E-state index is 5.89. The number of hydrogen-bond donors (Lipinski definition) is 1. The lowest BCUT2D eigenvalue weighted by Crippen LogP contribution is -2.30. The number of benzene rings is 2. The normalized spacial score (nSPS) is 17.6. The average Bonchev–Trinajstić information content (AvgIpc) is 3.49. The molecular weight excluding hydrogens is 438 g/mol. The Labute approximate surface area is 206 Å². The van der Waals surface area contributed by atoms with E-state index < -0.39 is 0 Å². The van der Waals surface area contributed by atoms with Crippen molar-refractivity contribution in [1.29, 1.82) is 0 Å². The van der Waals surface area contributed by atoms with Crippen LogP contribution in [0.15, 0.2) is 91.3 Å². The van der Waals surface area contributed by atoms with Crippen LogP contribution in [0, 0.1) is 0 Å². The molecule has 2 aromatic carbocycles. The van der Waals surface area contributed by atoms with Gasteiger partial charge in [0.1, 0.15) is 6.04 Å². The van der Waals surface area contributed by atoms with E-state index in [9.17, 15) is 0 Å². The molecular formula is C28H29N5S. The zero-order chi connectivity index (χ0) is 23.7. The Kier molecular flexibility index (Phi) is 6.07. The van der Waals surface area contributed by atoms with Crippen LogP contribution >= 0.6 is 12.2 Å². The molecule has 172 valence electrons. The Balaban J connectivity index is 1.61. The number of aryl methyl sites for hydroxylation is 1. The summed E-state index contributed by atoms with van der Waals surface area (Å²) < 4.78 is 2.25. The summed E-state index contributed by atoms with van der Waals surface area (Å²) in [6, 6.07) is 27.5. The quantitative estimate of drug-likeness (QED) is 0.369. The molecule has 0 aliphatic carbocycles. The first-order chi connectivity index (χ1) is 16.6. The van der Waals surface area contributed by atoms with Gasteiger partial charge in [-0.15, -0.1) is 0 Å². The topological polar surface area (TPSA) is 36.3 Å². The van der Waals surface area contributed by atoms with Crippen LogP contribution in [-0.4, -0.2) is 28.8 Å². The van der Waals surface area contributed by atoms with Gasteiger partial charge in [0.25, 0.3) is 0 Å². The van der Waals surface area contributed by atoms with Gasteiger partial charge in [-0.05, 0) is 84.9 Å². The van der Waals surface area contributed by atoms with Crippen molar-refractivity contribution in [1.82, 2.24) is 14.9 Å². The van der Waals surface area contributed by atoms with Crippen LogP contribution in [0.5, 0.6) is 0 Å². The molecule has 34 heavy (non-hydrogen) atoms. The fourth-order valence-corrected chi connectivity index (χ4v) is 4.95. The molecule has 3 heterocycles. The minimum absolute atomic E-state index is 0.0570. The lowest BCUT2D eigenvalue weighted by atomic mass is 10.0. The van der Waals surface area contributed by atoms with Gasteiger partial charge in [0.05, 0.1) is 11.7 Å². The molecule has 1 N–H and O–H groups in total. The van der Waals surface area contributed by atoms with Crippen molar-refractivity contribution in [2.75, 3.05) is 23.9 Å².